The number of aromatic hydroxyl groups is 3. The minimum absolute atomic E-state index is 0.00418. The average molecular weight is 302 g/mol. The van der Waals surface area contributed by atoms with Crippen LogP contribution in [0.4, 0.5) is 0 Å². The van der Waals surface area contributed by atoms with E-state index in [0.717, 1.165) is 0 Å². The first-order valence-electron chi connectivity index (χ1n) is 6.61. The van der Waals surface area contributed by atoms with Crippen LogP contribution in [0.15, 0.2) is 30.3 Å². The summed E-state index contributed by atoms with van der Waals surface area (Å²) in [4.78, 5) is 12.3. The summed E-state index contributed by atoms with van der Waals surface area (Å²) in [5.41, 5.74) is 0.584. The van der Waals surface area contributed by atoms with Crippen molar-refractivity contribution in [2.45, 2.75) is 12.5 Å². The predicted molar refractivity (Wildman–Crippen MR) is 76.7 cm³/mol. The number of carbonyl (C=O) groups excluding carboxylic acids is 1. The van der Waals surface area contributed by atoms with Gasteiger partial charge in [0.05, 0.1) is 13.5 Å². The summed E-state index contributed by atoms with van der Waals surface area (Å²) >= 11 is 0. The molecular weight excluding hydrogens is 288 g/mol. The fourth-order valence-corrected chi connectivity index (χ4v) is 2.52. The van der Waals surface area contributed by atoms with Crippen molar-refractivity contribution in [3.63, 3.8) is 0 Å². The van der Waals surface area contributed by atoms with Gasteiger partial charge in [-0.15, -0.1) is 0 Å². The van der Waals surface area contributed by atoms with Crippen LogP contribution in [0.1, 0.15) is 28.4 Å². The summed E-state index contributed by atoms with van der Waals surface area (Å²) in [6.45, 7) is 0. The van der Waals surface area contributed by atoms with Crippen molar-refractivity contribution in [1.82, 2.24) is 0 Å². The van der Waals surface area contributed by atoms with Crippen molar-refractivity contribution in [1.29, 1.82) is 0 Å². The first kappa shape index (κ1) is 14.1. The van der Waals surface area contributed by atoms with E-state index in [4.69, 9.17) is 9.47 Å². The van der Waals surface area contributed by atoms with Gasteiger partial charge >= 0.3 is 0 Å². The Hall–Kier alpha value is -2.89. The summed E-state index contributed by atoms with van der Waals surface area (Å²) in [5, 5.41) is 29.0. The van der Waals surface area contributed by atoms with Crippen LogP contribution >= 0.6 is 0 Å². The number of ketones is 1. The zero-order valence-corrected chi connectivity index (χ0v) is 11.7. The highest BCUT2D eigenvalue weighted by Crippen LogP contribution is 2.42. The van der Waals surface area contributed by atoms with E-state index in [2.05, 4.69) is 0 Å². The van der Waals surface area contributed by atoms with Gasteiger partial charge in [-0.05, 0) is 12.1 Å². The maximum Gasteiger partial charge on any atom is 0.174 e. The van der Waals surface area contributed by atoms with Crippen molar-refractivity contribution in [3.8, 4) is 28.7 Å². The number of hydrogen-bond acceptors (Lipinski definition) is 6. The first-order chi connectivity index (χ1) is 10.5. The molecule has 1 heterocycles. The van der Waals surface area contributed by atoms with Gasteiger partial charge in [-0.2, -0.15) is 0 Å². The Labute approximate surface area is 126 Å². The minimum Gasteiger partial charge on any atom is -0.508 e. The van der Waals surface area contributed by atoms with Crippen LogP contribution in [0.3, 0.4) is 0 Å². The third-order valence-corrected chi connectivity index (χ3v) is 3.51. The molecule has 0 bridgehead atoms. The van der Waals surface area contributed by atoms with Crippen LogP contribution in [0.25, 0.3) is 0 Å². The summed E-state index contributed by atoms with van der Waals surface area (Å²) in [5.74, 6) is -0.147. The number of Topliss-reactive ketones (excluding diaryl/α,β-unsaturated/α-hetero) is 1. The van der Waals surface area contributed by atoms with Gasteiger partial charge in [0.2, 0.25) is 0 Å². The minimum atomic E-state index is -0.662. The number of hydrogen-bond donors (Lipinski definition) is 3. The van der Waals surface area contributed by atoms with E-state index < -0.39 is 6.10 Å². The molecule has 0 spiro atoms. The van der Waals surface area contributed by atoms with Crippen LogP contribution in [0.5, 0.6) is 28.7 Å². The Kier molecular flexibility index (Phi) is 3.29. The standard InChI is InChI=1S/C16H14O6/c1-21-11-5-12(19)16-13(20)7-14(22-15(16)6-11)8-2-9(17)4-10(18)3-8/h2-6,14,17-19H,7H2,1H3/t14-/m0/s1. The van der Waals surface area contributed by atoms with E-state index in [9.17, 15) is 20.1 Å². The molecular formula is C16H14O6. The van der Waals surface area contributed by atoms with Gasteiger partial charge < -0.3 is 24.8 Å². The molecule has 2 aromatic carbocycles. The first-order valence-corrected chi connectivity index (χ1v) is 6.61. The third kappa shape index (κ3) is 2.39. The molecule has 114 valence electrons. The third-order valence-electron chi connectivity index (χ3n) is 3.51. The number of fused-ring (bicyclic) bond motifs is 1. The van der Waals surface area contributed by atoms with Crippen molar-refractivity contribution in [3.05, 3.63) is 41.5 Å². The second kappa shape index (κ2) is 5.14. The van der Waals surface area contributed by atoms with Crippen molar-refractivity contribution in [2.75, 3.05) is 7.11 Å². The average Bonchev–Trinajstić information content (AvgIpc) is 2.45. The Bertz CT molecular complexity index is 732. The lowest BCUT2D eigenvalue weighted by Gasteiger charge is -2.26. The molecule has 0 amide bonds. The van der Waals surface area contributed by atoms with E-state index in [0.29, 0.717) is 11.3 Å². The molecule has 0 unspecified atom stereocenters. The lowest BCUT2D eigenvalue weighted by atomic mass is 9.95. The smallest absolute Gasteiger partial charge is 0.174 e. The molecule has 1 atom stereocenters. The number of methoxy groups -OCH3 is 1. The molecule has 6 nitrogen and oxygen atoms in total. The summed E-state index contributed by atoms with van der Waals surface area (Å²) in [7, 11) is 1.44. The van der Waals surface area contributed by atoms with Crippen molar-refractivity contribution in [2.24, 2.45) is 0 Å². The Morgan fingerprint density at radius 1 is 1.09 bits per heavy atom. The second-order valence-corrected chi connectivity index (χ2v) is 5.04. The number of phenols is 3. The molecule has 0 radical (unpaired) electrons. The van der Waals surface area contributed by atoms with E-state index in [1.807, 2.05) is 0 Å². The summed E-state index contributed by atoms with van der Waals surface area (Å²) < 4.78 is 10.8. The number of rotatable bonds is 2. The maximum absolute atomic E-state index is 12.3. The fourth-order valence-electron chi connectivity index (χ4n) is 2.52. The van der Waals surface area contributed by atoms with E-state index in [-0.39, 0.29) is 40.8 Å². The van der Waals surface area contributed by atoms with Crippen LogP contribution in [0.2, 0.25) is 0 Å². The molecule has 6 heteroatoms. The van der Waals surface area contributed by atoms with Gasteiger partial charge in [0, 0.05) is 23.8 Å². The van der Waals surface area contributed by atoms with Gasteiger partial charge in [-0.1, -0.05) is 0 Å². The molecule has 0 aliphatic carbocycles. The van der Waals surface area contributed by atoms with Gasteiger partial charge in [0.1, 0.15) is 40.4 Å². The lowest BCUT2D eigenvalue weighted by Crippen LogP contribution is -2.20. The maximum atomic E-state index is 12.3. The quantitative estimate of drug-likeness (QED) is 0.789. The summed E-state index contributed by atoms with van der Waals surface area (Å²) in [6, 6.07) is 6.89. The normalized spacial score (nSPS) is 16.8. The fraction of sp³-hybridized carbons (Fsp3) is 0.188. The molecule has 3 N–H and O–H groups in total. The Balaban J connectivity index is 2.03. The predicted octanol–water partition coefficient (Wildman–Crippen LogP) is 2.52. The monoisotopic (exact) mass is 302 g/mol. The molecule has 0 fully saturated rings. The molecule has 0 aromatic heterocycles. The van der Waals surface area contributed by atoms with Crippen molar-refractivity contribution < 1.29 is 29.6 Å². The number of phenolic OH excluding ortho intramolecular Hbond substituents is 3. The van der Waals surface area contributed by atoms with Gasteiger partial charge in [0.15, 0.2) is 5.78 Å². The molecule has 3 rings (SSSR count). The van der Waals surface area contributed by atoms with Gasteiger partial charge in [-0.25, -0.2) is 0 Å². The number of carbonyl (C=O) groups is 1. The van der Waals surface area contributed by atoms with Crippen LogP contribution in [-0.4, -0.2) is 28.2 Å². The largest absolute Gasteiger partial charge is 0.508 e. The second-order valence-electron chi connectivity index (χ2n) is 5.04. The van der Waals surface area contributed by atoms with Crippen molar-refractivity contribution >= 4 is 5.78 Å². The molecule has 0 saturated carbocycles. The molecule has 0 saturated heterocycles. The van der Waals surface area contributed by atoms with Gasteiger partial charge in [0.25, 0.3) is 0 Å². The Morgan fingerprint density at radius 3 is 2.41 bits per heavy atom. The zero-order valence-electron chi connectivity index (χ0n) is 11.7. The molecule has 2 aromatic rings. The van der Waals surface area contributed by atoms with Crippen LogP contribution < -0.4 is 9.47 Å². The SMILES string of the molecule is COc1cc(O)c2c(c1)O[C@H](c1cc(O)cc(O)c1)CC2=O. The molecule has 22 heavy (non-hydrogen) atoms. The molecule has 1 aliphatic heterocycles. The summed E-state index contributed by atoms with van der Waals surface area (Å²) in [6.07, 6.45) is -0.667. The topological polar surface area (TPSA) is 96.2 Å². The zero-order chi connectivity index (χ0) is 15.9. The van der Waals surface area contributed by atoms with E-state index in [1.54, 1.807) is 0 Å². The van der Waals surface area contributed by atoms with E-state index >= 15 is 0 Å². The lowest BCUT2D eigenvalue weighted by molar-refractivity contribution is 0.0844. The number of benzene rings is 2. The highest BCUT2D eigenvalue weighted by molar-refractivity contribution is 6.02. The Morgan fingerprint density at radius 2 is 1.77 bits per heavy atom. The number of ether oxygens (including phenoxy) is 2. The highest BCUT2D eigenvalue weighted by atomic mass is 16.5. The van der Waals surface area contributed by atoms with Crippen LogP contribution in [0, 0.1) is 0 Å². The van der Waals surface area contributed by atoms with E-state index in [1.165, 1.54) is 37.4 Å². The van der Waals surface area contributed by atoms with Crippen LogP contribution in [-0.2, 0) is 0 Å². The van der Waals surface area contributed by atoms with Gasteiger partial charge in [-0.3, -0.25) is 4.79 Å². The highest BCUT2D eigenvalue weighted by Gasteiger charge is 2.31. The molecule has 1 aliphatic rings.